The quantitative estimate of drug-likeness (QED) is 0.397. The summed E-state index contributed by atoms with van der Waals surface area (Å²) in [6.45, 7) is 4.53. The number of hydrogen-bond donors (Lipinski definition) is 2. The van der Waals surface area contributed by atoms with Gasteiger partial charge in [0.15, 0.2) is 0 Å². The van der Waals surface area contributed by atoms with Crippen molar-refractivity contribution in [2.45, 2.75) is 12.3 Å². The van der Waals surface area contributed by atoms with Gasteiger partial charge in [0.1, 0.15) is 0 Å². The van der Waals surface area contributed by atoms with Crippen LogP contribution in [0.25, 0.3) is 10.9 Å². The van der Waals surface area contributed by atoms with Gasteiger partial charge in [-0.25, -0.2) is 0 Å². The molecule has 1 atom stereocenters. The Morgan fingerprint density at radius 1 is 1.22 bits per heavy atom. The number of ether oxygens (including phenoxy) is 1. The SMILES string of the molecule is O=C(C[C@H](c1ccc(Cl)cc1)c1c[nH]c2ccc([N+](=O)[O-])cc12)NCCN1CCOCC1. The van der Waals surface area contributed by atoms with Gasteiger partial charge in [-0.3, -0.25) is 19.8 Å². The fourth-order valence-electron chi connectivity index (χ4n) is 4.07. The summed E-state index contributed by atoms with van der Waals surface area (Å²) in [4.78, 5) is 29.2. The number of fused-ring (bicyclic) bond motifs is 1. The van der Waals surface area contributed by atoms with Gasteiger partial charge in [0.25, 0.3) is 5.69 Å². The molecular formula is C23H25ClN4O4. The van der Waals surface area contributed by atoms with Gasteiger partial charge in [0.05, 0.1) is 18.1 Å². The van der Waals surface area contributed by atoms with Gasteiger partial charge < -0.3 is 15.0 Å². The van der Waals surface area contributed by atoms with Crippen molar-refractivity contribution in [2.75, 3.05) is 39.4 Å². The molecule has 2 aromatic carbocycles. The molecule has 9 heteroatoms. The monoisotopic (exact) mass is 456 g/mol. The average Bonchev–Trinajstić information content (AvgIpc) is 3.22. The summed E-state index contributed by atoms with van der Waals surface area (Å²) in [6.07, 6.45) is 2.05. The van der Waals surface area contributed by atoms with Gasteiger partial charge in [0, 0.05) is 72.8 Å². The van der Waals surface area contributed by atoms with E-state index < -0.39 is 4.92 Å². The first-order chi connectivity index (χ1) is 15.5. The molecule has 1 aliphatic rings. The molecule has 0 aliphatic carbocycles. The molecular weight excluding hydrogens is 432 g/mol. The van der Waals surface area contributed by atoms with Crippen molar-refractivity contribution in [3.8, 4) is 0 Å². The van der Waals surface area contributed by atoms with Crippen LogP contribution in [0.15, 0.2) is 48.7 Å². The summed E-state index contributed by atoms with van der Waals surface area (Å²) in [5, 5.41) is 15.6. The van der Waals surface area contributed by atoms with Crippen LogP contribution in [0.2, 0.25) is 5.02 Å². The number of halogens is 1. The zero-order valence-electron chi connectivity index (χ0n) is 17.6. The van der Waals surface area contributed by atoms with Gasteiger partial charge >= 0.3 is 0 Å². The maximum atomic E-state index is 12.8. The summed E-state index contributed by atoms with van der Waals surface area (Å²) in [6, 6.07) is 12.1. The van der Waals surface area contributed by atoms with Crippen molar-refractivity contribution in [3.05, 3.63) is 74.9 Å². The second-order valence-corrected chi connectivity index (χ2v) is 8.28. The molecule has 0 bridgehead atoms. The molecule has 0 spiro atoms. The Hall–Kier alpha value is -2.94. The number of carbonyl (C=O) groups excluding carboxylic acids is 1. The zero-order valence-corrected chi connectivity index (χ0v) is 18.3. The fraction of sp³-hybridized carbons (Fsp3) is 0.348. The first kappa shape index (κ1) is 22.3. The largest absolute Gasteiger partial charge is 0.379 e. The van der Waals surface area contributed by atoms with E-state index in [0.29, 0.717) is 11.6 Å². The lowest BCUT2D eigenvalue weighted by Crippen LogP contribution is -2.41. The normalized spacial score (nSPS) is 15.5. The van der Waals surface area contributed by atoms with Crippen LogP contribution in [-0.4, -0.2) is 60.1 Å². The molecule has 1 saturated heterocycles. The number of aromatic amines is 1. The van der Waals surface area contributed by atoms with Crippen molar-refractivity contribution < 1.29 is 14.5 Å². The lowest BCUT2D eigenvalue weighted by atomic mass is 9.88. The Balaban J connectivity index is 1.55. The molecule has 168 valence electrons. The standard InChI is InChI=1S/C23H25ClN4O4/c24-17-3-1-16(2-4-17)19(14-23(29)25-7-8-27-9-11-32-12-10-27)21-15-26-22-6-5-18(28(30)31)13-20(21)22/h1-6,13,15,19,26H,7-12,14H2,(H,25,29)/t19-/m1/s1. The first-order valence-electron chi connectivity index (χ1n) is 10.6. The van der Waals surface area contributed by atoms with Gasteiger partial charge in [-0.05, 0) is 29.3 Å². The highest BCUT2D eigenvalue weighted by molar-refractivity contribution is 6.30. The van der Waals surface area contributed by atoms with Crippen LogP contribution in [0.5, 0.6) is 0 Å². The number of morpholine rings is 1. The van der Waals surface area contributed by atoms with Crippen molar-refractivity contribution in [2.24, 2.45) is 0 Å². The first-order valence-corrected chi connectivity index (χ1v) is 11.0. The molecule has 1 fully saturated rings. The minimum Gasteiger partial charge on any atom is -0.379 e. The number of carbonyl (C=O) groups is 1. The van der Waals surface area contributed by atoms with Crippen LogP contribution in [0, 0.1) is 10.1 Å². The maximum absolute atomic E-state index is 12.8. The van der Waals surface area contributed by atoms with E-state index in [1.165, 1.54) is 6.07 Å². The summed E-state index contributed by atoms with van der Waals surface area (Å²) in [5.41, 5.74) is 2.57. The number of hydrogen-bond acceptors (Lipinski definition) is 5. The molecule has 1 aliphatic heterocycles. The fourth-order valence-corrected chi connectivity index (χ4v) is 4.20. The van der Waals surface area contributed by atoms with E-state index in [4.69, 9.17) is 16.3 Å². The molecule has 4 rings (SSSR count). The third-order valence-electron chi connectivity index (χ3n) is 5.80. The minimum atomic E-state index is -0.411. The van der Waals surface area contributed by atoms with E-state index in [-0.39, 0.29) is 23.9 Å². The van der Waals surface area contributed by atoms with E-state index in [9.17, 15) is 14.9 Å². The lowest BCUT2D eigenvalue weighted by Gasteiger charge is -2.26. The molecule has 0 radical (unpaired) electrons. The van der Waals surface area contributed by atoms with Crippen molar-refractivity contribution in [1.29, 1.82) is 0 Å². The smallest absolute Gasteiger partial charge is 0.270 e. The molecule has 3 aromatic rings. The third kappa shape index (κ3) is 5.27. The van der Waals surface area contributed by atoms with Crippen LogP contribution in [0.1, 0.15) is 23.5 Å². The van der Waals surface area contributed by atoms with Crippen molar-refractivity contribution in [1.82, 2.24) is 15.2 Å². The Bertz CT molecular complexity index is 1090. The molecule has 1 aromatic heterocycles. The number of H-pyrrole nitrogens is 1. The average molecular weight is 457 g/mol. The summed E-state index contributed by atoms with van der Waals surface area (Å²) >= 11 is 6.07. The van der Waals surface area contributed by atoms with E-state index in [1.54, 1.807) is 24.3 Å². The van der Waals surface area contributed by atoms with Gasteiger partial charge in [-0.15, -0.1) is 0 Å². The lowest BCUT2D eigenvalue weighted by molar-refractivity contribution is -0.384. The van der Waals surface area contributed by atoms with Gasteiger partial charge in [-0.1, -0.05) is 23.7 Å². The summed E-state index contributed by atoms with van der Waals surface area (Å²) in [5.74, 6) is -0.343. The van der Waals surface area contributed by atoms with E-state index >= 15 is 0 Å². The Labute approximate surface area is 190 Å². The van der Waals surface area contributed by atoms with Crippen LogP contribution in [0.3, 0.4) is 0 Å². The molecule has 32 heavy (non-hydrogen) atoms. The highest BCUT2D eigenvalue weighted by Crippen LogP contribution is 2.35. The predicted octanol–water partition coefficient (Wildman–Crippen LogP) is 3.70. The highest BCUT2D eigenvalue weighted by atomic mass is 35.5. The molecule has 2 heterocycles. The Morgan fingerprint density at radius 3 is 2.69 bits per heavy atom. The molecule has 8 nitrogen and oxygen atoms in total. The predicted molar refractivity (Wildman–Crippen MR) is 123 cm³/mol. The van der Waals surface area contributed by atoms with Crippen molar-refractivity contribution in [3.63, 3.8) is 0 Å². The summed E-state index contributed by atoms with van der Waals surface area (Å²) < 4.78 is 5.35. The Kier molecular flexibility index (Phi) is 7.04. The van der Waals surface area contributed by atoms with Crippen LogP contribution in [-0.2, 0) is 9.53 Å². The second-order valence-electron chi connectivity index (χ2n) is 7.84. The number of amides is 1. The van der Waals surface area contributed by atoms with Crippen LogP contribution < -0.4 is 5.32 Å². The number of nitro groups is 1. The van der Waals surface area contributed by atoms with E-state index in [0.717, 1.165) is 54.9 Å². The number of benzene rings is 2. The maximum Gasteiger partial charge on any atom is 0.270 e. The minimum absolute atomic E-state index is 0.0168. The topological polar surface area (TPSA) is 100 Å². The van der Waals surface area contributed by atoms with Crippen LogP contribution in [0.4, 0.5) is 5.69 Å². The molecule has 2 N–H and O–H groups in total. The molecule has 0 unspecified atom stereocenters. The van der Waals surface area contributed by atoms with Gasteiger partial charge in [-0.2, -0.15) is 0 Å². The second kappa shape index (κ2) is 10.1. The van der Waals surface area contributed by atoms with Crippen LogP contribution >= 0.6 is 11.6 Å². The third-order valence-corrected chi connectivity index (χ3v) is 6.05. The highest BCUT2D eigenvalue weighted by Gasteiger charge is 2.23. The van der Waals surface area contributed by atoms with E-state index in [1.807, 2.05) is 18.3 Å². The summed E-state index contributed by atoms with van der Waals surface area (Å²) in [7, 11) is 0. The number of nitrogens with one attached hydrogen (secondary N) is 2. The van der Waals surface area contributed by atoms with Gasteiger partial charge in [0.2, 0.25) is 5.91 Å². The zero-order chi connectivity index (χ0) is 22.5. The number of nitrogens with zero attached hydrogens (tertiary/aromatic N) is 2. The molecule has 0 saturated carbocycles. The molecule has 1 amide bonds. The number of non-ortho nitro benzene ring substituents is 1. The Morgan fingerprint density at radius 2 is 1.97 bits per heavy atom. The van der Waals surface area contributed by atoms with Crippen molar-refractivity contribution >= 4 is 34.1 Å². The number of rotatable bonds is 8. The number of aromatic nitrogens is 1. The number of nitro benzene ring substituents is 1. The van der Waals surface area contributed by atoms with E-state index in [2.05, 4.69) is 15.2 Å².